The van der Waals surface area contributed by atoms with Crippen LogP contribution in [0.4, 0.5) is 11.4 Å². The van der Waals surface area contributed by atoms with Crippen LogP contribution >= 0.6 is 0 Å². The minimum atomic E-state index is -0.183. The van der Waals surface area contributed by atoms with Crippen molar-refractivity contribution in [1.82, 2.24) is 4.90 Å². The summed E-state index contributed by atoms with van der Waals surface area (Å²) in [5, 5.41) is 11.7. The lowest BCUT2D eigenvalue weighted by Crippen LogP contribution is -2.42. The number of amides is 2. The molecule has 0 fully saturated rings. The first-order valence-corrected chi connectivity index (χ1v) is 8.77. The fourth-order valence-corrected chi connectivity index (χ4v) is 2.62. The van der Waals surface area contributed by atoms with Gasteiger partial charge in [-0.1, -0.05) is 35.9 Å². The summed E-state index contributed by atoms with van der Waals surface area (Å²) in [6.07, 6.45) is 0.248. The highest BCUT2D eigenvalue weighted by atomic mass is 16.2. The zero-order chi connectivity index (χ0) is 19.6. The summed E-state index contributed by atoms with van der Waals surface area (Å²) in [4.78, 5) is 28.1. The Morgan fingerprint density at radius 3 is 2.33 bits per heavy atom. The van der Waals surface area contributed by atoms with E-state index >= 15 is 0 Å². The van der Waals surface area contributed by atoms with Crippen LogP contribution in [0.25, 0.3) is 0 Å². The van der Waals surface area contributed by atoms with Crippen molar-refractivity contribution < 1.29 is 9.59 Å². The Bertz CT molecular complexity index is 797. The van der Waals surface area contributed by atoms with Gasteiger partial charge in [-0.05, 0) is 38.2 Å². The maximum absolute atomic E-state index is 12.7. The van der Waals surface area contributed by atoms with Crippen molar-refractivity contribution >= 4 is 23.2 Å². The van der Waals surface area contributed by atoms with Gasteiger partial charge in [-0.3, -0.25) is 14.5 Å². The molecule has 1 N–H and O–H groups in total. The van der Waals surface area contributed by atoms with Crippen LogP contribution in [0.15, 0.2) is 54.6 Å². The maximum atomic E-state index is 12.7. The Hall–Kier alpha value is -3.17. The van der Waals surface area contributed by atoms with Crippen LogP contribution in [0.1, 0.15) is 12.0 Å². The van der Waals surface area contributed by atoms with E-state index in [9.17, 15) is 9.59 Å². The third-order valence-corrected chi connectivity index (χ3v) is 3.97. The molecule has 2 amide bonds. The number of carbonyl (C=O) groups is 2. The van der Waals surface area contributed by atoms with E-state index < -0.39 is 0 Å². The molecule has 0 aliphatic heterocycles. The fraction of sp³-hybridized carbons (Fsp3) is 0.286. The molecule has 0 spiro atoms. The number of nitriles is 1. The smallest absolute Gasteiger partial charge is 0.241 e. The molecule has 0 saturated heterocycles. The van der Waals surface area contributed by atoms with Crippen molar-refractivity contribution in [3.05, 3.63) is 60.2 Å². The first-order chi connectivity index (χ1) is 13.0. The molecule has 6 heteroatoms. The maximum Gasteiger partial charge on any atom is 0.241 e. The monoisotopic (exact) mass is 364 g/mol. The van der Waals surface area contributed by atoms with Crippen LogP contribution in [0, 0.1) is 18.3 Å². The number of benzene rings is 2. The van der Waals surface area contributed by atoms with Gasteiger partial charge in [-0.2, -0.15) is 5.26 Å². The van der Waals surface area contributed by atoms with Gasteiger partial charge in [0.1, 0.15) is 0 Å². The van der Waals surface area contributed by atoms with Gasteiger partial charge < -0.3 is 10.2 Å². The lowest BCUT2D eigenvalue weighted by molar-refractivity contribution is -0.121. The molecule has 0 radical (unpaired) electrons. The third-order valence-electron chi connectivity index (χ3n) is 3.97. The number of carbonyl (C=O) groups excluding carboxylic acids is 2. The highest BCUT2D eigenvalue weighted by Crippen LogP contribution is 2.14. The van der Waals surface area contributed by atoms with Gasteiger partial charge in [0.15, 0.2) is 0 Å². The van der Waals surface area contributed by atoms with Crippen molar-refractivity contribution in [3.8, 4) is 6.07 Å². The average molecular weight is 364 g/mol. The van der Waals surface area contributed by atoms with Crippen molar-refractivity contribution in [2.24, 2.45) is 0 Å². The second-order valence-electron chi connectivity index (χ2n) is 6.38. The Balaban J connectivity index is 1.92. The number of hydrogen-bond acceptors (Lipinski definition) is 4. The fourth-order valence-electron chi connectivity index (χ4n) is 2.62. The number of aryl methyl sites for hydroxylation is 1. The van der Waals surface area contributed by atoms with Gasteiger partial charge in [0, 0.05) is 17.9 Å². The Morgan fingerprint density at radius 1 is 1.04 bits per heavy atom. The molecule has 0 heterocycles. The summed E-state index contributed by atoms with van der Waals surface area (Å²) in [5.41, 5.74) is 2.59. The second-order valence-corrected chi connectivity index (χ2v) is 6.38. The number of anilines is 2. The van der Waals surface area contributed by atoms with Gasteiger partial charge in [-0.15, -0.1) is 0 Å². The van der Waals surface area contributed by atoms with E-state index in [4.69, 9.17) is 5.26 Å². The van der Waals surface area contributed by atoms with Crippen LogP contribution in [-0.2, 0) is 9.59 Å². The van der Waals surface area contributed by atoms with Crippen molar-refractivity contribution in [2.45, 2.75) is 13.3 Å². The van der Waals surface area contributed by atoms with Crippen molar-refractivity contribution in [3.63, 3.8) is 0 Å². The Kier molecular flexibility index (Phi) is 7.53. The molecule has 0 aromatic heterocycles. The van der Waals surface area contributed by atoms with Crippen LogP contribution in [0.2, 0.25) is 0 Å². The van der Waals surface area contributed by atoms with E-state index in [1.54, 1.807) is 16.8 Å². The molecule has 2 aromatic rings. The zero-order valence-corrected chi connectivity index (χ0v) is 15.7. The predicted molar refractivity (Wildman–Crippen MR) is 106 cm³/mol. The minimum Gasteiger partial charge on any atom is -0.325 e. The van der Waals surface area contributed by atoms with Crippen LogP contribution in [0.5, 0.6) is 0 Å². The number of rotatable bonds is 8. The van der Waals surface area contributed by atoms with E-state index in [1.807, 2.05) is 61.5 Å². The summed E-state index contributed by atoms with van der Waals surface area (Å²) < 4.78 is 0. The van der Waals surface area contributed by atoms with E-state index in [2.05, 4.69) is 11.4 Å². The summed E-state index contributed by atoms with van der Waals surface area (Å²) in [6.45, 7) is 2.49. The molecule has 0 bridgehead atoms. The normalized spacial score (nSPS) is 10.3. The number of hydrogen-bond donors (Lipinski definition) is 1. The number of nitrogens with one attached hydrogen (secondary N) is 1. The molecule has 2 aromatic carbocycles. The van der Waals surface area contributed by atoms with E-state index in [1.165, 1.54) is 0 Å². The minimum absolute atomic E-state index is 0.0850. The molecule has 2 rings (SSSR count). The molecule has 0 saturated carbocycles. The predicted octanol–water partition coefficient (Wildman–Crippen LogP) is 2.81. The summed E-state index contributed by atoms with van der Waals surface area (Å²) in [6, 6.07) is 18.8. The first kappa shape index (κ1) is 20.1. The van der Waals surface area contributed by atoms with Gasteiger partial charge in [0.25, 0.3) is 0 Å². The van der Waals surface area contributed by atoms with E-state index in [0.29, 0.717) is 6.54 Å². The molecule has 6 nitrogen and oxygen atoms in total. The highest BCUT2D eigenvalue weighted by Gasteiger charge is 2.18. The lowest BCUT2D eigenvalue weighted by Gasteiger charge is -2.24. The molecule has 140 valence electrons. The largest absolute Gasteiger partial charge is 0.325 e. The standard InChI is InChI=1S/C21H24N4O2/c1-17-9-11-18(12-10-17)23-20(26)15-24(2)16-21(27)25(14-6-13-22)19-7-4-3-5-8-19/h3-5,7-12H,6,14-16H2,1-2H3,(H,23,26). The third kappa shape index (κ3) is 6.57. The molecule has 0 unspecified atom stereocenters. The first-order valence-electron chi connectivity index (χ1n) is 8.77. The van der Waals surface area contributed by atoms with Crippen LogP contribution in [-0.4, -0.2) is 43.4 Å². The SMILES string of the molecule is Cc1ccc(NC(=O)CN(C)CC(=O)N(CCC#N)c2ccccc2)cc1. The van der Waals surface area contributed by atoms with Crippen molar-refractivity contribution in [2.75, 3.05) is 36.9 Å². The Morgan fingerprint density at radius 2 is 1.70 bits per heavy atom. The van der Waals surface area contributed by atoms with Gasteiger partial charge in [0.2, 0.25) is 11.8 Å². The summed E-state index contributed by atoms with van der Waals surface area (Å²) >= 11 is 0. The molecule has 0 atom stereocenters. The summed E-state index contributed by atoms with van der Waals surface area (Å²) in [5.74, 6) is -0.334. The average Bonchev–Trinajstić information content (AvgIpc) is 2.64. The van der Waals surface area contributed by atoms with Crippen LogP contribution < -0.4 is 10.2 Å². The number of para-hydroxylation sites is 1. The van der Waals surface area contributed by atoms with Gasteiger partial charge in [0.05, 0.1) is 25.6 Å². The van der Waals surface area contributed by atoms with Crippen molar-refractivity contribution in [1.29, 1.82) is 5.26 Å². The Labute approximate surface area is 160 Å². The van der Waals surface area contributed by atoms with Gasteiger partial charge >= 0.3 is 0 Å². The lowest BCUT2D eigenvalue weighted by atomic mass is 10.2. The summed E-state index contributed by atoms with van der Waals surface area (Å²) in [7, 11) is 1.72. The van der Waals surface area contributed by atoms with Crippen LogP contribution in [0.3, 0.4) is 0 Å². The van der Waals surface area contributed by atoms with Gasteiger partial charge in [-0.25, -0.2) is 0 Å². The molecular weight excluding hydrogens is 340 g/mol. The molecule has 0 aliphatic carbocycles. The zero-order valence-electron chi connectivity index (χ0n) is 15.7. The topological polar surface area (TPSA) is 76.4 Å². The highest BCUT2D eigenvalue weighted by molar-refractivity contribution is 5.96. The second kappa shape index (κ2) is 10.1. The number of likely N-dealkylation sites (N-methyl/N-ethyl adjacent to an activating group) is 1. The quantitative estimate of drug-likeness (QED) is 0.781. The van der Waals surface area contributed by atoms with E-state index in [-0.39, 0.29) is 31.3 Å². The molecule has 0 aliphatic rings. The molecule has 27 heavy (non-hydrogen) atoms. The number of nitrogens with zero attached hydrogens (tertiary/aromatic N) is 3. The van der Waals surface area contributed by atoms with E-state index in [0.717, 1.165) is 16.9 Å². The molecular formula is C21H24N4O2.